The van der Waals surface area contributed by atoms with Crippen LogP contribution in [0.25, 0.3) is 45.8 Å². The molecule has 5 rings (SSSR count). The Bertz CT molecular complexity index is 1770. The summed E-state index contributed by atoms with van der Waals surface area (Å²) in [5, 5.41) is 4.11. The Morgan fingerprint density at radius 1 is 0.500 bits per heavy atom. The lowest BCUT2D eigenvalue weighted by Crippen LogP contribution is -2.15. The highest BCUT2D eigenvalue weighted by Gasteiger charge is 2.23. The van der Waals surface area contributed by atoms with Gasteiger partial charge in [-0.2, -0.15) is 0 Å². The Kier molecular flexibility index (Phi) is 14.7. The second-order valence-corrected chi connectivity index (χ2v) is 13.9. The Labute approximate surface area is 312 Å². The van der Waals surface area contributed by atoms with Gasteiger partial charge in [0.05, 0.1) is 27.4 Å². The highest BCUT2D eigenvalue weighted by Crippen LogP contribution is 2.48. The average molecular weight is 699 g/mol. The van der Waals surface area contributed by atoms with E-state index < -0.39 is 0 Å². The summed E-state index contributed by atoms with van der Waals surface area (Å²) in [5.74, 6) is 4.14. The molecule has 0 heterocycles. The van der Waals surface area contributed by atoms with Gasteiger partial charge < -0.3 is 18.9 Å². The van der Waals surface area contributed by atoms with Gasteiger partial charge in [0, 0.05) is 21.9 Å². The summed E-state index contributed by atoms with van der Waals surface area (Å²) in [6, 6.07) is 29.5. The Balaban J connectivity index is 1.77. The van der Waals surface area contributed by atoms with Gasteiger partial charge >= 0.3 is 0 Å². The van der Waals surface area contributed by atoms with Crippen LogP contribution in [0, 0.1) is 11.8 Å². The van der Waals surface area contributed by atoms with Crippen molar-refractivity contribution < 1.29 is 18.9 Å². The fourth-order valence-corrected chi connectivity index (χ4v) is 6.86. The first-order valence-corrected chi connectivity index (χ1v) is 19.4. The van der Waals surface area contributed by atoms with E-state index in [-0.39, 0.29) is 0 Å². The van der Waals surface area contributed by atoms with Crippen molar-refractivity contribution in [1.82, 2.24) is 0 Å². The van der Waals surface area contributed by atoms with Crippen LogP contribution < -0.4 is 18.9 Å². The van der Waals surface area contributed by atoms with Crippen LogP contribution >= 0.6 is 0 Å². The number of hydrogen-bond donors (Lipinski definition) is 0. The van der Waals surface area contributed by atoms with E-state index >= 15 is 0 Å². The van der Waals surface area contributed by atoms with Crippen LogP contribution in [0.2, 0.25) is 0 Å². The molecule has 274 valence electrons. The first-order chi connectivity index (χ1) is 25.5. The number of methoxy groups -OCH3 is 2. The van der Waals surface area contributed by atoms with Gasteiger partial charge in [-0.3, -0.25) is 0 Å². The van der Waals surface area contributed by atoms with E-state index in [1.807, 2.05) is 12.1 Å². The summed E-state index contributed by atoms with van der Waals surface area (Å²) in [5.41, 5.74) is 4.22. The predicted molar refractivity (Wildman–Crippen MR) is 223 cm³/mol. The number of fused-ring (bicyclic) bond motifs is 3. The van der Waals surface area contributed by atoms with Gasteiger partial charge in [0.25, 0.3) is 0 Å². The second-order valence-electron chi connectivity index (χ2n) is 13.9. The van der Waals surface area contributed by atoms with Crippen LogP contribution in [0.3, 0.4) is 0 Å². The molecule has 0 spiro atoms. The average Bonchev–Trinajstić information content (AvgIpc) is 3.19. The third kappa shape index (κ3) is 9.79. The van der Waals surface area contributed by atoms with Crippen LogP contribution in [-0.4, -0.2) is 27.4 Å². The van der Waals surface area contributed by atoms with Crippen LogP contribution in [0.5, 0.6) is 23.0 Å². The zero-order valence-corrected chi connectivity index (χ0v) is 32.3. The predicted octanol–water partition coefficient (Wildman–Crippen LogP) is 13.5. The Morgan fingerprint density at radius 2 is 0.904 bits per heavy atom. The van der Waals surface area contributed by atoms with E-state index in [4.69, 9.17) is 18.9 Å². The summed E-state index contributed by atoms with van der Waals surface area (Å²) in [4.78, 5) is 0. The molecule has 5 aromatic rings. The SMILES string of the molecule is CCCCC(CC)COc1c(OCC(CC)CCCC)c2cc(/C=C/c3ccccc3)c(OC)cc2c2cc(OC)c(/C=C/c3ccccc3)cc12. The number of benzene rings is 5. The van der Waals surface area contributed by atoms with Crippen LogP contribution in [0.15, 0.2) is 84.9 Å². The minimum Gasteiger partial charge on any atom is -0.496 e. The molecule has 0 aliphatic carbocycles. The first-order valence-electron chi connectivity index (χ1n) is 19.4. The van der Waals surface area contributed by atoms with Gasteiger partial charge in [-0.25, -0.2) is 0 Å². The summed E-state index contributed by atoms with van der Waals surface area (Å²) in [6.07, 6.45) is 17.7. The zero-order valence-electron chi connectivity index (χ0n) is 32.3. The lowest BCUT2D eigenvalue weighted by Gasteiger charge is -2.24. The molecule has 0 N–H and O–H groups in total. The molecule has 0 aromatic heterocycles. The smallest absolute Gasteiger partial charge is 0.169 e. The largest absolute Gasteiger partial charge is 0.496 e. The number of rotatable bonds is 20. The minimum atomic E-state index is 0.461. The standard InChI is InChI=1S/C48H58O4/c1-7-11-19-35(9-3)33-51-47-43-29-39(27-25-37-21-15-13-16-22-37)45(49-5)31-41(43)42-32-46(50-6)40(28-26-38-23-17-14-18-24-38)30-44(42)48(47)52-34-36(10-4)20-12-8-2/h13-18,21-32,35-36H,7-12,19-20,33-34H2,1-6H3/b27-25+,28-26+. The topological polar surface area (TPSA) is 36.9 Å². The van der Waals surface area contributed by atoms with Crippen molar-refractivity contribution in [3.05, 3.63) is 107 Å². The van der Waals surface area contributed by atoms with Crippen LogP contribution in [0.1, 0.15) is 101 Å². The molecule has 0 aliphatic rings. The maximum atomic E-state index is 7.03. The summed E-state index contributed by atoms with van der Waals surface area (Å²) < 4.78 is 26.2. The first kappa shape index (κ1) is 38.5. The van der Waals surface area contributed by atoms with Gasteiger partial charge in [-0.15, -0.1) is 0 Å². The zero-order chi connectivity index (χ0) is 36.7. The molecular weight excluding hydrogens is 641 g/mol. The maximum absolute atomic E-state index is 7.03. The van der Waals surface area contributed by atoms with Gasteiger partial charge in [-0.05, 0) is 70.8 Å². The Hall–Kier alpha value is -4.70. The summed E-state index contributed by atoms with van der Waals surface area (Å²) in [7, 11) is 3.48. The van der Waals surface area contributed by atoms with E-state index in [1.165, 1.54) is 25.7 Å². The van der Waals surface area contributed by atoms with Crippen LogP contribution in [-0.2, 0) is 0 Å². The van der Waals surface area contributed by atoms with E-state index in [0.717, 1.165) is 92.5 Å². The van der Waals surface area contributed by atoms with Gasteiger partial charge in [0.1, 0.15) is 11.5 Å². The van der Waals surface area contributed by atoms with Crippen molar-refractivity contribution in [2.75, 3.05) is 27.4 Å². The number of unbranched alkanes of at least 4 members (excludes halogenated alkanes) is 2. The molecule has 5 aromatic carbocycles. The molecule has 0 saturated heterocycles. The van der Waals surface area contributed by atoms with Crippen molar-refractivity contribution in [3.63, 3.8) is 0 Å². The highest BCUT2D eigenvalue weighted by atomic mass is 16.5. The van der Waals surface area contributed by atoms with E-state index in [0.29, 0.717) is 25.0 Å². The minimum absolute atomic E-state index is 0.461. The molecule has 0 radical (unpaired) electrons. The van der Waals surface area contributed by atoms with Crippen molar-refractivity contribution in [2.45, 2.75) is 79.1 Å². The van der Waals surface area contributed by atoms with Gasteiger partial charge in [0.15, 0.2) is 11.5 Å². The second kappa shape index (κ2) is 19.8. The summed E-state index contributed by atoms with van der Waals surface area (Å²) >= 11 is 0. The van der Waals surface area contributed by atoms with Crippen molar-refractivity contribution >= 4 is 45.8 Å². The monoisotopic (exact) mass is 698 g/mol. The van der Waals surface area contributed by atoms with Crippen LogP contribution in [0.4, 0.5) is 0 Å². The van der Waals surface area contributed by atoms with E-state index in [2.05, 4.69) is 125 Å². The molecule has 52 heavy (non-hydrogen) atoms. The molecule has 2 atom stereocenters. The molecule has 0 aliphatic heterocycles. The maximum Gasteiger partial charge on any atom is 0.169 e. The molecule has 4 heteroatoms. The number of ether oxygens (including phenoxy) is 4. The van der Waals surface area contributed by atoms with Gasteiger partial charge in [-0.1, -0.05) is 151 Å². The lowest BCUT2D eigenvalue weighted by atomic mass is 9.94. The van der Waals surface area contributed by atoms with E-state index in [9.17, 15) is 0 Å². The molecule has 2 unspecified atom stereocenters. The third-order valence-corrected chi connectivity index (χ3v) is 10.2. The molecule has 0 saturated carbocycles. The molecule has 0 bridgehead atoms. The molecule has 4 nitrogen and oxygen atoms in total. The van der Waals surface area contributed by atoms with Crippen molar-refractivity contribution in [3.8, 4) is 23.0 Å². The quantitative estimate of drug-likeness (QED) is 0.0599. The fraction of sp³-hybridized carbons (Fsp3) is 0.375. The molecular formula is C48H58O4. The van der Waals surface area contributed by atoms with Gasteiger partial charge in [0.2, 0.25) is 0 Å². The fourth-order valence-electron chi connectivity index (χ4n) is 6.86. The Morgan fingerprint density at radius 3 is 1.25 bits per heavy atom. The highest BCUT2D eigenvalue weighted by molar-refractivity contribution is 6.16. The lowest BCUT2D eigenvalue weighted by molar-refractivity contribution is 0.203. The molecule has 0 fully saturated rings. The normalized spacial score (nSPS) is 12.9. The van der Waals surface area contributed by atoms with Crippen molar-refractivity contribution in [2.24, 2.45) is 11.8 Å². The van der Waals surface area contributed by atoms with E-state index in [1.54, 1.807) is 14.2 Å². The van der Waals surface area contributed by atoms with Crippen molar-refractivity contribution in [1.29, 1.82) is 0 Å². The number of hydrogen-bond acceptors (Lipinski definition) is 4. The summed E-state index contributed by atoms with van der Waals surface area (Å²) in [6.45, 7) is 10.3. The third-order valence-electron chi connectivity index (χ3n) is 10.2. The molecule has 0 amide bonds.